The van der Waals surface area contributed by atoms with E-state index in [2.05, 4.69) is 53.3 Å². The molecule has 1 aromatic carbocycles. The highest BCUT2D eigenvalue weighted by Gasteiger charge is 2.23. The molecule has 2 N–H and O–H groups in total. The van der Waals surface area contributed by atoms with Gasteiger partial charge in [0.1, 0.15) is 5.82 Å². The zero-order valence-corrected chi connectivity index (χ0v) is 15.0. The Morgan fingerprint density at radius 3 is 2.40 bits per heavy atom. The highest BCUT2D eigenvalue weighted by atomic mass is 127. The van der Waals surface area contributed by atoms with Crippen molar-refractivity contribution in [2.75, 3.05) is 5.73 Å². The van der Waals surface area contributed by atoms with Crippen LogP contribution in [0.5, 0.6) is 0 Å². The highest BCUT2D eigenvalue weighted by molar-refractivity contribution is 14.1. The van der Waals surface area contributed by atoms with Gasteiger partial charge < -0.3 is 5.73 Å². The van der Waals surface area contributed by atoms with E-state index in [0.29, 0.717) is 27.3 Å². The molecule has 1 heterocycles. The third-order valence-corrected chi connectivity index (χ3v) is 4.66. The van der Waals surface area contributed by atoms with Crippen molar-refractivity contribution in [1.82, 2.24) is 9.97 Å². The van der Waals surface area contributed by atoms with E-state index in [1.54, 1.807) is 6.07 Å². The number of nitrogen functional groups attached to an aromatic ring is 1. The van der Waals surface area contributed by atoms with Crippen molar-refractivity contribution in [3.05, 3.63) is 37.5 Å². The number of hydrogen-bond acceptors (Lipinski definition) is 3. The lowest BCUT2D eigenvalue weighted by Gasteiger charge is -2.21. The van der Waals surface area contributed by atoms with E-state index in [9.17, 15) is 0 Å². The lowest BCUT2D eigenvalue weighted by molar-refractivity contribution is 0.564. The SMILES string of the molecule is CC(C)(C)c1nc(-c2cccc(Cl)c2Cl)nc(N)c1I. The minimum absolute atomic E-state index is 0.132. The molecular formula is C14H14Cl2IN3. The molecule has 3 nitrogen and oxygen atoms in total. The molecule has 20 heavy (non-hydrogen) atoms. The Bertz CT molecular complexity index is 666. The van der Waals surface area contributed by atoms with Gasteiger partial charge in [-0.15, -0.1) is 0 Å². The van der Waals surface area contributed by atoms with Crippen molar-refractivity contribution in [2.24, 2.45) is 0 Å². The summed E-state index contributed by atoms with van der Waals surface area (Å²) in [6.07, 6.45) is 0. The van der Waals surface area contributed by atoms with Crippen LogP contribution in [0.25, 0.3) is 11.4 Å². The molecule has 0 radical (unpaired) electrons. The molecule has 2 rings (SSSR count). The summed E-state index contributed by atoms with van der Waals surface area (Å²) >= 11 is 14.4. The predicted molar refractivity (Wildman–Crippen MR) is 93.3 cm³/mol. The molecule has 0 aliphatic rings. The number of nitrogens with two attached hydrogens (primary N) is 1. The topological polar surface area (TPSA) is 51.8 Å². The maximum absolute atomic E-state index is 6.23. The Labute approximate surface area is 142 Å². The van der Waals surface area contributed by atoms with Crippen LogP contribution in [-0.4, -0.2) is 9.97 Å². The Balaban J connectivity index is 2.71. The lowest BCUT2D eigenvalue weighted by Crippen LogP contribution is -2.18. The van der Waals surface area contributed by atoms with Crippen LogP contribution in [0.15, 0.2) is 18.2 Å². The molecule has 0 fully saturated rings. The summed E-state index contributed by atoms with van der Waals surface area (Å²) in [6, 6.07) is 5.38. The van der Waals surface area contributed by atoms with Gasteiger partial charge in [0.05, 0.1) is 19.3 Å². The third-order valence-electron chi connectivity index (χ3n) is 2.78. The normalized spacial score (nSPS) is 11.7. The zero-order chi connectivity index (χ0) is 15.1. The summed E-state index contributed by atoms with van der Waals surface area (Å²) in [6.45, 7) is 6.25. The molecule has 0 atom stereocenters. The maximum Gasteiger partial charge on any atom is 0.163 e. The Morgan fingerprint density at radius 1 is 1.15 bits per heavy atom. The summed E-state index contributed by atoms with van der Waals surface area (Å²) in [5.41, 5.74) is 7.46. The van der Waals surface area contributed by atoms with Crippen LogP contribution in [-0.2, 0) is 5.41 Å². The van der Waals surface area contributed by atoms with E-state index in [4.69, 9.17) is 28.9 Å². The molecule has 106 valence electrons. The number of hydrogen-bond donors (Lipinski definition) is 1. The number of rotatable bonds is 1. The average molecular weight is 422 g/mol. The first kappa shape index (κ1) is 15.8. The number of aromatic nitrogens is 2. The summed E-state index contributed by atoms with van der Waals surface area (Å²) < 4.78 is 0.872. The molecule has 0 amide bonds. The van der Waals surface area contributed by atoms with Crippen LogP contribution in [0.1, 0.15) is 26.5 Å². The first-order valence-corrected chi connectivity index (χ1v) is 7.83. The monoisotopic (exact) mass is 421 g/mol. The van der Waals surface area contributed by atoms with E-state index in [1.807, 2.05) is 12.1 Å². The number of nitrogens with zero attached hydrogens (tertiary/aromatic N) is 2. The smallest absolute Gasteiger partial charge is 0.163 e. The fraction of sp³-hybridized carbons (Fsp3) is 0.286. The molecule has 0 saturated heterocycles. The Morgan fingerprint density at radius 2 is 1.80 bits per heavy atom. The quantitative estimate of drug-likeness (QED) is 0.663. The molecule has 6 heteroatoms. The zero-order valence-electron chi connectivity index (χ0n) is 11.3. The lowest BCUT2D eigenvalue weighted by atomic mass is 9.92. The molecule has 2 aromatic rings. The van der Waals surface area contributed by atoms with Crippen LogP contribution in [0.3, 0.4) is 0 Å². The van der Waals surface area contributed by atoms with E-state index in [0.717, 1.165) is 9.26 Å². The van der Waals surface area contributed by atoms with Gasteiger partial charge in [0.2, 0.25) is 0 Å². The Hall–Kier alpha value is -0.590. The van der Waals surface area contributed by atoms with Crippen molar-refractivity contribution < 1.29 is 0 Å². The summed E-state index contributed by atoms with van der Waals surface area (Å²) in [4.78, 5) is 8.97. The second kappa shape index (κ2) is 5.66. The molecular weight excluding hydrogens is 408 g/mol. The fourth-order valence-corrected chi connectivity index (χ4v) is 3.19. The molecule has 0 unspecified atom stereocenters. The second-order valence-electron chi connectivity index (χ2n) is 5.45. The van der Waals surface area contributed by atoms with Gasteiger partial charge in [-0.05, 0) is 34.7 Å². The molecule has 0 bridgehead atoms. The maximum atomic E-state index is 6.23. The summed E-state index contributed by atoms with van der Waals surface area (Å²) in [5.74, 6) is 0.955. The van der Waals surface area contributed by atoms with Gasteiger partial charge in [-0.3, -0.25) is 0 Å². The van der Waals surface area contributed by atoms with Crippen LogP contribution < -0.4 is 5.73 Å². The summed E-state index contributed by atoms with van der Waals surface area (Å²) in [7, 11) is 0. The molecule has 1 aromatic heterocycles. The molecule has 0 spiro atoms. The van der Waals surface area contributed by atoms with Gasteiger partial charge in [-0.1, -0.05) is 50.0 Å². The van der Waals surface area contributed by atoms with Crippen molar-refractivity contribution in [1.29, 1.82) is 0 Å². The van der Waals surface area contributed by atoms with E-state index < -0.39 is 0 Å². The van der Waals surface area contributed by atoms with Crippen molar-refractivity contribution in [3.8, 4) is 11.4 Å². The minimum atomic E-state index is -0.132. The number of anilines is 1. The molecule has 0 aliphatic heterocycles. The highest BCUT2D eigenvalue weighted by Crippen LogP contribution is 2.35. The first-order chi connectivity index (χ1) is 9.21. The van der Waals surface area contributed by atoms with Crippen molar-refractivity contribution >= 4 is 51.6 Å². The van der Waals surface area contributed by atoms with Crippen LogP contribution in [0.2, 0.25) is 10.0 Å². The number of halogens is 3. The third kappa shape index (κ3) is 3.02. The molecule has 0 aliphatic carbocycles. The molecule has 0 saturated carbocycles. The van der Waals surface area contributed by atoms with Gasteiger partial charge in [0.15, 0.2) is 5.82 Å². The van der Waals surface area contributed by atoms with E-state index >= 15 is 0 Å². The predicted octanol–water partition coefficient (Wildman–Crippen LogP) is 4.93. The van der Waals surface area contributed by atoms with Crippen LogP contribution in [0, 0.1) is 3.57 Å². The van der Waals surface area contributed by atoms with E-state index in [1.165, 1.54) is 0 Å². The van der Waals surface area contributed by atoms with Gasteiger partial charge in [0.25, 0.3) is 0 Å². The van der Waals surface area contributed by atoms with Gasteiger partial charge in [-0.25, -0.2) is 9.97 Å². The van der Waals surface area contributed by atoms with Crippen molar-refractivity contribution in [2.45, 2.75) is 26.2 Å². The van der Waals surface area contributed by atoms with Gasteiger partial charge >= 0.3 is 0 Å². The standard InChI is InChI=1S/C14H14Cl2IN3/c1-14(2,3)11-10(17)12(18)20-13(19-11)7-5-4-6-8(15)9(7)16/h4-6H,1-3H3,(H2,18,19,20). The van der Waals surface area contributed by atoms with Gasteiger partial charge in [0, 0.05) is 11.0 Å². The van der Waals surface area contributed by atoms with Crippen molar-refractivity contribution in [3.63, 3.8) is 0 Å². The summed E-state index contributed by atoms with van der Waals surface area (Å²) in [5, 5.41) is 0.914. The minimum Gasteiger partial charge on any atom is -0.383 e. The van der Waals surface area contributed by atoms with Crippen LogP contribution in [0.4, 0.5) is 5.82 Å². The number of benzene rings is 1. The van der Waals surface area contributed by atoms with Gasteiger partial charge in [-0.2, -0.15) is 0 Å². The average Bonchev–Trinajstić information content (AvgIpc) is 2.34. The second-order valence-corrected chi connectivity index (χ2v) is 7.31. The fourth-order valence-electron chi connectivity index (χ4n) is 1.76. The largest absolute Gasteiger partial charge is 0.383 e. The van der Waals surface area contributed by atoms with E-state index in [-0.39, 0.29) is 5.41 Å². The Kier molecular flexibility index (Phi) is 4.47. The first-order valence-electron chi connectivity index (χ1n) is 5.99. The van der Waals surface area contributed by atoms with Crippen LogP contribution >= 0.6 is 45.8 Å².